The van der Waals surface area contributed by atoms with Crippen LogP contribution in [0.1, 0.15) is 12.8 Å². The van der Waals surface area contributed by atoms with E-state index in [0.29, 0.717) is 36.8 Å². The molecule has 0 atom stereocenters. The summed E-state index contributed by atoms with van der Waals surface area (Å²) in [4.78, 5) is 41.7. The molecule has 0 aliphatic carbocycles. The van der Waals surface area contributed by atoms with Crippen molar-refractivity contribution >= 4 is 38.7 Å². The Hall–Kier alpha value is -2.22. The smallest absolute Gasteiger partial charge is 0.306 e. The average Bonchev–Trinajstić information content (AvgIpc) is 2.58. The highest BCUT2D eigenvalue weighted by atomic mass is 79.9. The second-order valence-electron chi connectivity index (χ2n) is 5.83. The van der Waals surface area contributed by atoms with Gasteiger partial charge in [-0.1, -0.05) is 15.9 Å². The van der Waals surface area contributed by atoms with Gasteiger partial charge in [0.15, 0.2) is 0 Å². The number of amides is 1. The van der Waals surface area contributed by atoms with Crippen LogP contribution in [0.2, 0.25) is 0 Å². The fourth-order valence-corrected chi connectivity index (χ4v) is 3.23. The molecule has 3 rings (SSSR count). The molecule has 126 valence electrons. The Morgan fingerprint density at radius 1 is 1.29 bits per heavy atom. The molecule has 7 nitrogen and oxygen atoms in total. The molecule has 1 fully saturated rings. The van der Waals surface area contributed by atoms with E-state index in [1.807, 2.05) is 0 Å². The van der Waals surface area contributed by atoms with E-state index < -0.39 is 11.9 Å². The summed E-state index contributed by atoms with van der Waals surface area (Å²) in [5.74, 6) is -1.41. The lowest BCUT2D eigenvalue weighted by atomic mass is 9.97. The van der Waals surface area contributed by atoms with Gasteiger partial charge in [0.1, 0.15) is 6.54 Å². The maximum absolute atomic E-state index is 12.5. The zero-order chi connectivity index (χ0) is 17.3. The molecule has 1 aromatic heterocycles. The van der Waals surface area contributed by atoms with Crippen LogP contribution in [0.15, 0.2) is 33.8 Å². The SMILES string of the molecule is O=C(O)C1CCN(C(=O)Cn2cnc3ccc(Br)cc3c2=O)CC1. The third kappa shape index (κ3) is 3.33. The van der Waals surface area contributed by atoms with Crippen LogP contribution >= 0.6 is 15.9 Å². The van der Waals surface area contributed by atoms with Gasteiger partial charge in [0.2, 0.25) is 5.91 Å². The maximum Gasteiger partial charge on any atom is 0.306 e. The molecule has 2 heterocycles. The molecule has 1 amide bonds. The van der Waals surface area contributed by atoms with Gasteiger partial charge >= 0.3 is 5.97 Å². The zero-order valence-electron chi connectivity index (χ0n) is 12.8. The molecule has 1 aliphatic rings. The normalized spacial score (nSPS) is 15.6. The van der Waals surface area contributed by atoms with Gasteiger partial charge in [0.05, 0.1) is 23.1 Å². The summed E-state index contributed by atoms with van der Waals surface area (Å²) in [5, 5.41) is 9.45. The first-order valence-corrected chi connectivity index (χ1v) is 8.40. The number of benzene rings is 1. The van der Waals surface area contributed by atoms with Gasteiger partial charge in [-0.3, -0.25) is 19.0 Å². The van der Waals surface area contributed by atoms with Gasteiger partial charge in [-0.05, 0) is 31.0 Å². The highest BCUT2D eigenvalue weighted by Crippen LogP contribution is 2.18. The largest absolute Gasteiger partial charge is 0.481 e. The molecule has 8 heteroatoms. The lowest BCUT2D eigenvalue weighted by molar-refractivity contribution is -0.145. The predicted molar refractivity (Wildman–Crippen MR) is 90.6 cm³/mol. The molecule has 24 heavy (non-hydrogen) atoms. The highest BCUT2D eigenvalue weighted by molar-refractivity contribution is 9.10. The molecule has 0 unspecified atom stereocenters. The molecule has 2 aromatic rings. The van der Waals surface area contributed by atoms with Gasteiger partial charge in [0.25, 0.3) is 5.56 Å². The van der Waals surface area contributed by atoms with Crippen molar-refractivity contribution < 1.29 is 14.7 Å². The number of aliphatic carboxylic acids is 1. The standard InChI is InChI=1S/C16H16BrN3O4/c17-11-1-2-13-12(7-11)15(22)20(9-18-13)8-14(21)19-5-3-10(4-6-19)16(23)24/h1-2,7,9-10H,3-6,8H2,(H,23,24). The van der Waals surface area contributed by atoms with Crippen molar-refractivity contribution in [2.75, 3.05) is 13.1 Å². The summed E-state index contributed by atoms with van der Waals surface area (Å²) in [6, 6.07) is 5.23. The van der Waals surface area contributed by atoms with Crippen molar-refractivity contribution in [3.05, 3.63) is 39.4 Å². The topological polar surface area (TPSA) is 92.5 Å². The fraction of sp³-hybridized carbons (Fsp3) is 0.375. The van der Waals surface area contributed by atoms with Crippen molar-refractivity contribution in [3.63, 3.8) is 0 Å². The monoisotopic (exact) mass is 393 g/mol. The van der Waals surface area contributed by atoms with Crippen LogP contribution in [-0.2, 0) is 16.1 Å². The number of rotatable bonds is 3. The number of nitrogens with zero attached hydrogens (tertiary/aromatic N) is 3. The highest BCUT2D eigenvalue weighted by Gasteiger charge is 2.27. The Bertz CT molecular complexity index is 856. The Morgan fingerprint density at radius 2 is 2.00 bits per heavy atom. The summed E-state index contributed by atoms with van der Waals surface area (Å²) in [6.45, 7) is 0.709. The van der Waals surface area contributed by atoms with Crippen LogP contribution in [0.4, 0.5) is 0 Å². The number of halogens is 1. The molecule has 1 aromatic carbocycles. The number of aromatic nitrogens is 2. The number of piperidine rings is 1. The molecule has 0 bridgehead atoms. The summed E-state index contributed by atoms with van der Waals surface area (Å²) < 4.78 is 2.06. The number of carboxylic acid groups (broad SMARTS) is 1. The Labute approximate surface area is 146 Å². The molecule has 0 radical (unpaired) electrons. The number of hydrogen-bond acceptors (Lipinski definition) is 4. The minimum atomic E-state index is -0.817. The third-order valence-electron chi connectivity index (χ3n) is 4.29. The molecule has 1 saturated heterocycles. The van der Waals surface area contributed by atoms with Crippen LogP contribution in [-0.4, -0.2) is 44.5 Å². The van der Waals surface area contributed by atoms with Gasteiger partial charge < -0.3 is 10.0 Å². The minimum absolute atomic E-state index is 0.0912. The predicted octanol–water partition coefficient (Wildman–Crippen LogP) is 1.48. The van der Waals surface area contributed by atoms with Gasteiger partial charge in [-0.15, -0.1) is 0 Å². The van der Waals surface area contributed by atoms with Crippen LogP contribution in [0.5, 0.6) is 0 Å². The van der Waals surface area contributed by atoms with E-state index in [1.54, 1.807) is 23.1 Å². The third-order valence-corrected chi connectivity index (χ3v) is 4.78. The van der Waals surface area contributed by atoms with Crippen LogP contribution in [0.3, 0.4) is 0 Å². The van der Waals surface area contributed by atoms with E-state index in [4.69, 9.17) is 5.11 Å². The van der Waals surface area contributed by atoms with Crippen molar-refractivity contribution in [2.24, 2.45) is 5.92 Å². The Kier molecular flexibility index (Phi) is 4.66. The molecular weight excluding hydrogens is 378 g/mol. The van der Waals surface area contributed by atoms with E-state index in [2.05, 4.69) is 20.9 Å². The van der Waals surface area contributed by atoms with Gasteiger partial charge in [-0.2, -0.15) is 0 Å². The maximum atomic E-state index is 12.5. The summed E-state index contributed by atoms with van der Waals surface area (Å²) in [5.41, 5.74) is 0.309. The summed E-state index contributed by atoms with van der Waals surface area (Å²) in [6.07, 6.45) is 2.26. The van der Waals surface area contributed by atoms with Crippen molar-refractivity contribution in [1.29, 1.82) is 0 Å². The lowest BCUT2D eigenvalue weighted by Crippen LogP contribution is -2.42. The van der Waals surface area contributed by atoms with Crippen LogP contribution in [0.25, 0.3) is 10.9 Å². The fourth-order valence-electron chi connectivity index (χ4n) is 2.87. The number of likely N-dealkylation sites (tertiary alicyclic amines) is 1. The van der Waals surface area contributed by atoms with E-state index >= 15 is 0 Å². The summed E-state index contributed by atoms with van der Waals surface area (Å²) in [7, 11) is 0. The minimum Gasteiger partial charge on any atom is -0.481 e. The average molecular weight is 394 g/mol. The number of hydrogen-bond donors (Lipinski definition) is 1. The van der Waals surface area contributed by atoms with E-state index in [-0.39, 0.29) is 18.0 Å². The Morgan fingerprint density at radius 3 is 2.67 bits per heavy atom. The van der Waals surface area contributed by atoms with E-state index in [0.717, 1.165) is 4.47 Å². The quantitative estimate of drug-likeness (QED) is 0.852. The number of fused-ring (bicyclic) bond motifs is 1. The molecule has 0 saturated carbocycles. The van der Waals surface area contributed by atoms with Crippen molar-refractivity contribution in [1.82, 2.24) is 14.5 Å². The van der Waals surface area contributed by atoms with Crippen molar-refractivity contribution in [3.8, 4) is 0 Å². The van der Waals surface area contributed by atoms with Crippen molar-refractivity contribution in [2.45, 2.75) is 19.4 Å². The first-order valence-electron chi connectivity index (χ1n) is 7.61. The van der Waals surface area contributed by atoms with Gasteiger partial charge in [0, 0.05) is 17.6 Å². The second kappa shape index (κ2) is 6.72. The zero-order valence-corrected chi connectivity index (χ0v) is 14.4. The molecule has 1 N–H and O–H groups in total. The number of carboxylic acids is 1. The second-order valence-corrected chi connectivity index (χ2v) is 6.75. The molecule has 1 aliphatic heterocycles. The molecule has 0 spiro atoms. The Balaban J connectivity index is 1.75. The number of carbonyl (C=O) groups excluding carboxylic acids is 1. The van der Waals surface area contributed by atoms with Crippen LogP contribution in [0, 0.1) is 5.92 Å². The molecular formula is C16H16BrN3O4. The summed E-state index contributed by atoms with van der Waals surface area (Å²) >= 11 is 3.32. The first-order chi connectivity index (χ1) is 11.5. The first kappa shape index (κ1) is 16.6. The lowest BCUT2D eigenvalue weighted by Gasteiger charge is -2.30. The van der Waals surface area contributed by atoms with Crippen LogP contribution < -0.4 is 5.56 Å². The van der Waals surface area contributed by atoms with E-state index in [1.165, 1.54) is 10.9 Å². The van der Waals surface area contributed by atoms with Gasteiger partial charge in [-0.25, -0.2) is 4.98 Å². The number of carbonyl (C=O) groups is 2. The van der Waals surface area contributed by atoms with E-state index in [9.17, 15) is 14.4 Å².